The molecule has 0 saturated carbocycles. The number of nitrogens with one attached hydrogen (secondary N) is 1. The lowest BCUT2D eigenvalue weighted by Gasteiger charge is -2.28. The van der Waals surface area contributed by atoms with Crippen LogP contribution in [0.5, 0.6) is 0 Å². The van der Waals surface area contributed by atoms with Crippen LogP contribution in [0.15, 0.2) is 54.7 Å². The second-order valence-electron chi connectivity index (χ2n) is 7.77. The van der Waals surface area contributed by atoms with Crippen molar-refractivity contribution in [3.63, 3.8) is 0 Å². The number of morpholine rings is 1. The maximum atomic E-state index is 13.1. The molecule has 0 radical (unpaired) electrons. The Labute approximate surface area is 176 Å². The molecule has 2 aliphatic heterocycles. The molecule has 2 aromatic carbocycles. The molecular formula is C24H24N4O2. The summed E-state index contributed by atoms with van der Waals surface area (Å²) in [6.07, 6.45) is 1.83. The molecule has 1 fully saturated rings. The second-order valence-corrected chi connectivity index (χ2v) is 7.77. The van der Waals surface area contributed by atoms with Gasteiger partial charge in [-0.25, -0.2) is 4.98 Å². The predicted octanol–water partition coefficient (Wildman–Crippen LogP) is 4.23. The molecule has 6 heteroatoms. The van der Waals surface area contributed by atoms with Crippen LogP contribution >= 0.6 is 0 Å². The first kappa shape index (κ1) is 18.6. The topological polar surface area (TPSA) is 57.7 Å². The van der Waals surface area contributed by atoms with E-state index < -0.39 is 0 Å². The Kier molecular flexibility index (Phi) is 4.64. The number of pyridine rings is 1. The van der Waals surface area contributed by atoms with Crippen molar-refractivity contribution >= 4 is 28.8 Å². The summed E-state index contributed by atoms with van der Waals surface area (Å²) in [6.45, 7) is 5.14. The zero-order valence-electron chi connectivity index (χ0n) is 17.2. The van der Waals surface area contributed by atoms with Gasteiger partial charge in [0.05, 0.1) is 35.8 Å². The molecule has 0 bridgehead atoms. The summed E-state index contributed by atoms with van der Waals surface area (Å²) in [5.74, 6) is 0.848. The fraction of sp³-hybridized carbons (Fsp3) is 0.250. The third-order valence-electron chi connectivity index (χ3n) is 5.78. The molecule has 3 aromatic rings. The zero-order chi connectivity index (χ0) is 20.7. The fourth-order valence-corrected chi connectivity index (χ4v) is 4.12. The minimum atomic E-state index is -0.0921. The number of nitrogens with zero attached hydrogens (tertiary/aromatic N) is 3. The minimum absolute atomic E-state index is 0.0921. The number of carbonyl (C=O) groups is 1. The van der Waals surface area contributed by atoms with Gasteiger partial charge in [-0.3, -0.25) is 4.79 Å². The van der Waals surface area contributed by atoms with Crippen molar-refractivity contribution in [3.05, 3.63) is 65.9 Å². The number of hydrogen-bond donors (Lipinski definition) is 1. The van der Waals surface area contributed by atoms with E-state index in [9.17, 15) is 4.79 Å². The lowest BCUT2D eigenvalue weighted by molar-refractivity contribution is 0.102. The average Bonchev–Trinajstić information content (AvgIpc) is 2.88. The summed E-state index contributed by atoms with van der Waals surface area (Å²) in [6, 6.07) is 16.3. The van der Waals surface area contributed by atoms with Crippen molar-refractivity contribution < 1.29 is 9.53 Å². The number of fused-ring (bicyclic) bond motifs is 2. The molecule has 0 atom stereocenters. The highest BCUT2D eigenvalue weighted by Gasteiger charge is 2.24. The molecule has 0 unspecified atom stereocenters. The van der Waals surface area contributed by atoms with E-state index in [1.54, 1.807) is 0 Å². The highest BCUT2D eigenvalue weighted by molar-refractivity contribution is 6.13. The number of ether oxygens (including phenoxy) is 1. The molecular weight excluding hydrogens is 376 g/mol. The fourth-order valence-electron chi connectivity index (χ4n) is 4.12. The number of rotatable bonds is 2. The van der Waals surface area contributed by atoms with Gasteiger partial charge in [0.15, 0.2) is 0 Å². The van der Waals surface area contributed by atoms with Crippen LogP contribution in [0, 0.1) is 6.92 Å². The number of aryl methyl sites for hydroxylation is 1. The summed E-state index contributed by atoms with van der Waals surface area (Å²) < 4.78 is 5.45. The van der Waals surface area contributed by atoms with Gasteiger partial charge in [0.2, 0.25) is 0 Å². The molecule has 1 N–H and O–H groups in total. The van der Waals surface area contributed by atoms with E-state index in [1.807, 2.05) is 50.5 Å². The number of benzene rings is 2. The van der Waals surface area contributed by atoms with Crippen LogP contribution in [0.3, 0.4) is 0 Å². The predicted molar refractivity (Wildman–Crippen MR) is 120 cm³/mol. The van der Waals surface area contributed by atoms with Gasteiger partial charge in [0, 0.05) is 26.3 Å². The quantitative estimate of drug-likeness (QED) is 0.698. The molecule has 152 valence electrons. The van der Waals surface area contributed by atoms with Gasteiger partial charge in [-0.05, 0) is 60.0 Å². The molecule has 5 rings (SSSR count). The van der Waals surface area contributed by atoms with Crippen molar-refractivity contribution in [2.45, 2.75) is 6.92 Å². The third-order valence-corrected chi connectivity index (χ3v) is 5.78. The maximum Gasteiger partial charge on any atom is 0.257 e. The minimum Gasteiger partial charge on any atom is -0.378 e. The van der Waals surface area contributed by atoms with Crippen LogP contribution in [-0.4, -0.2) is 44.2 Å². The van der Waals surface area contributed by atoms with Crippen LogP contribution < -0.4 is 15.1 Å². The molecule has 30 heavy (non-hydrogen) atoms. The van der Waals surface area contributed by atoms with Gasteiger partial charge in [-0.1, -0.05) is 12.1 Å². The Morgan fingerprint density at radius 1 is 0.967 bits per heavy atom. The SMILES string of the molecule is Cc1ccc2c(c1)NC(=O)c1cc(-c3ccnc(N4CCOCC4)c3)ccc1N2C. The van der Waals surface area contributed by atoms with E-state index in [-0.39, 0.29) is 5.91 Å². The Balaban J connectivity index is 1.53. The first-order valence-electron chi connectivity index (χ1n) is 10.2. The highest BCUT2D eigenvalue weighted by atomic mass is 16.5. The van der Waals surface area contributed by atoms with Crippen molar-refractivity contribution in [1.82, 2.24) is 4.98 Å². The van der Waals surface area contributed by atoms with Gasteiger partial charge in [-0.2, -0.15) is 0 Å². The lowest BCUT2D eigenvalue weighted by Crippen LogP contribution is -2.36. The molecule has 0 aliphatic carbocycles. The van der Waals surface area contributed by atoms with E-state index in [0.717, 1.165) is 65.9 Å². The summed E-state index contributed by atoms with van der Waals surface area (Å²) in [4.78, 5) is 21.9. The van der Waals surface area contributed by atoms with E-state index in [0.29, 0.717) is 5.56 Å². The monoisotopic (exact) mass is 400 g/mol. The number of anilines is 4. The van der Waals surface area contributed by atoms with Crippen LogP contribution in [0.4, 0.5) is 22.9 Å². The number of aromatic nitrogens is 1. The standard InChI is InChI=1S/C24H24N4O2/c1-16-3-5-22-20(13-16)26-24(29)19-14-17(4-6-21(19)27(22)2)18-7-8-25-23(15-18)28-9-11-30-12-10-28/h3-8,13-15H,9-12H2,1-2H3,(H,26,29). The van der Waals surface area contributed by atoms with Gasteiger partial charge < -0.3 is 19.9 Å². The normalized spacial score (nSPS) is 15.9. The Hall–Kier alpha value is -3.38. The second kappa shape index (κ2) is 7.46. The summed E-state index contributed by atoms with van der Waals surface area (Å²) in [7, 11) is 2.00. The Morgan fingerprint density at radius 2 is 1.73 bits per heavy atom. The average molecular weight is 400 g/mol. The molecule has 1 saturated heterocycles. The zero-order valence-corrected chi connectivity index (χ0v) is 17.2. The Bertz CT molecular complexity index is 1120. The van der Waals surface area contributed by atoms with Crippen molar-refractivity contribution in [3.8, 4) is 11.1 Å². The van der Waals surface area contributed by atoms with E-state index in [2.05, 4.69) is 38.3 Å². The van der Waals surface area contributed by atoms with Crippen LogP contribution in [0.25, 0.3) is 11.1 Å². The van der Waals surface area contributed by atoms with E-state index in [4.69, 9.17) is 4.74 Å². The number of amides is 1. The largest absolute Gasteiger partial charge is 0.378 e. The first-order chi connectivity index (χ1) is 14.6. The molecule has 3 heterocycles. The van der Waals surface area contributed by atoms with Crippen molar-refractivity contribution in [1.29, 1.82) is 0 Å². The maximum absolute atomic E-state index is 13.1. The summed E-state index contributed by atoms with van der Waals surface area (Å²) in [5, 5.41) is 3.08. The summed E-state index contributed by atoms with van der Waals surface area (Å²) in [5.41, 5.74) is 6.52. The van der Waals surface area contributed by atoms with Crippen LogP contribution in [0.2, 0.25) is 0 Å². The first-order valence-corrected chi connectivity index (χ1v) is 10.2. The summed E-state index contributed by atoms with van der Waals surface area (Å²) >= 11 is 0. The van der Waals surface area contributed by atoms with Gasteiger partial charge in [-0.15, -0.1) is 0 Å². The third kappa shape index (κ3) is 3.29. The molecule has 0 spiro atoms. The van der Waals surface area contributed by atoms with E-state index in [1.165, 1.54) is 0 Å². The van der Waals surface area contributed by atoms with Crippen LogP contribution in [-0.2, 0) is 4.74 Å². The molecule has 2 aliphatic rings. The smallest absolute Gasteiger partial charge is 0.257 e. The van der Waals surface area contributed by atoms with E-state index >= 15 is 0 Å². The molecule has 1 amide bonds. The van der Waals surface area contributed by atoms with Gasteiger partial charge in [0.25, 0.3) is 5.91 Å². The lowest BCUT2D eigenvalue weighted by atomic mass is 10.0. The van der Waals surface area contributed by atoms with Crippen molar-refractivity contribution in [2.75, 3.05) is 48.5 Å². The molecule has 1 aromatic heterocycles. The van der Waals surface area contributed by atoms with Gasteiger partial charge in [0.1, 0.15) is 5.82 Å². The van der Waals surface area contributed by atoms with Gasteiger partial charge >= 0.3 is 0 Å². The number of carbonyl (C=O) groups excluding carboxylic acids is 1. The number of hydrogen-bond acceptors (Lipinski definition) is 5. The van der Waals surface area contributed by atoms with Crippen molar-refractivity contribution in [2.24, 2.45) is 0 Å². The Morgan fingerprint density at radius 3 is 2.57 bits per heavy atom. The van der Waals surface area contributed by atoms with Crippen LogP contribution in [0.1, 0.15) is 15.9 Å². The highest BCUT2D eigenvalue weighted by Crippen LogP contribution is 2.38. The molecule has 6 nitrogen and oxygen atoms in total.